The quantitative estimate of drug-likeness (QED) is 0.754. The summed E-state index contributed by atoms with van der Waals surface area (Å²) in [7, 11) is 0. The molecule has 3 rings (SSSR count). The van der Waals surface area contributed by atoms with Crippen LogP contribution >= 0.6 is 0 Å². The number of hydrogen-bond donors (Lipinski definition) is 1. The van der Waals surface area contributed by atoms with Crippen LogP contribution in [0.15, 0.2) is 42.5 Å². The molecule has 1 heterocycles. The highest BCUT2D eigenvalue weighted by Crippen LogP contribution is 2.35. The number of carboxylic acids is 1. The zero-order valence-electron chi connectivity index (χ0n) is 15.5. The van der Waals surface area contributed by atoms with E-state index in [-0.39, 0.29) is 11.5 Å². The van der Waals surface area contributed by atoms with Crippen LogP contribution in [-0.4, -0.2) is 36.2 Å². The summed E-state index contributed by atoms with van der Waals surface area (Å²) in [4.78, 5) is 25.4. The second kappa shape index (κ2) is 8.12. The van der Waals surface area contributed by atoms with Gasteiger partial charge in [-0.25, -0.2) is 4.79 Å². The van der Waals surface area contributed by atoms with E-state index in [1.54, 1.807) is 17.9 Å². The number of amides is 1. The number of anilines is 1. The number of benzene rings is 2. The molecule has 0 radical (unpaired) electrons. The number of carboxylic acid groups (broad SMARTS) is 1. The average molecular weight is 369 g/mol. The summed E-state index contributed by atoms with van der Waals surface area (Å²) in [6, 6.07) is 12.5. The molecule has 6 heteroatoms. The summed E-state index contributed by atoms with van der Waals surface area (Å²) in [5.41, 5.74) is 1.79. The Bertz CT molecular complexity index is 848. The topological polar surface area (TPSA) is 76.1 Å². The first kappa shape index (κ1) is 18.8. The first-order chi connectivity index (χ1) is 13.0. The van der Waals surface area contributed by atoms with Crippen LogP contribution in [0.2, 0.25) is 0 Å². The average Bonchev–Trinajstić information content (AvgIpc) is 2.64. The van der Waals surface area contributed by atoms with Gasteiger partial charge in [-0.05, 0) is 62.6 Å². The molecule has 1 N–H and O–H groups in total. The second-order valence-electron chi connectivity index (χ2n) is 6.61. The highest BCUT2D eigenvalue weighted by atomic mass is 16.5. The number of nitrogens with zero attached hydrogens (tertiary/aromatic N) is 1. The van der Waals surface area contributed by atoms with Crippen molar-refractivity contribution in [2.45, 2.75) is 32.8 Å². The fourth-order valence-corrected chi connectivity index (χ4v) is 3.04. The van der Waals surface area contributed by atoms with Crippen molar-refractivity contribution in [1.29, 1.82) is 0 Å². The zero-order valence-corrected chi connectivity index (χ0v) is 15.5. The number of rotatable bonds is 7. The standard InChI is InChI=1S/C21H23NO5/c1-14-6-5-7-17(12-14)26-11-4-3-10-22-18-13-16(21(24)25)8-9-19(18)27-15(2)20(22)23/h5-9,12-13,15H,3-4,10-11H2,1-2H3,(H,24,25). The van der Waals surface area contributed by atoms with E-state index in [4.69, 9.17) is 9.47 Å². The van der Waals surface area contributed by atoms with Gasteiger partial charge in [-0.2, -0.15) is 0 Å². The van der Waals surface area contributed by atoms with E-state index in [1.165, 1.54) is 12.1 Å². The maximum Gasteiger partial charge on any atom is 0.335 e. The van der Waals surface area contributed by atoms with Crippen LogP contribution in [0.4, 0.5) is 5.69 Å². The molecule has 27 heavy (non-hydrogen) atoms. The van der Waals surface area contributed by atoms with Crippen molar-refractivity contribution in [3.63, 3.8) is 0 Å². The first-order valence-electron chi connectivity index (χ1n) is 9.00. The van der Waals surface area contributed by atoms with Gasteiger partial charge in [0.2, 0.25) is 0 Å². The Labute approximate surface area is 158 Å². The van der Waals surface area contributed by atoms with E-state index in [2.05, 4.69) is 0 Å². The molecule has 1 unspecified atom stereocenters. The largest absolute Gasteiger partial charge is 0.494 e. The van der Waals surface area contributed by atoms with E-state index >= 15 is 0 Å². The van der Waals surface area contributed by atoms with Crippen molar-refractivity contribution in [2.75, 3.05) is 18.1 Å². The molecule has 0 bridgehead atoms. The smallest absolute Gasteiger partial charge is 0.335 e. The predicted molar refractivity (Wildman–Crippen MR) is 102 cm³/mol. The molecule has 0 fully saturated rings. The number of fused-ring (bicyclic) bond motifs is 1. The van der Waals surface area contributed by atoms with Gasteiger partial charge >= 0.3 is 5.97 Å². The van der Waals surface area contributed by atoms with Crippen LogP contribution in [0.1, 0.15) is 35.7 Å². The van der Waals surface area contributed by atoms with Gasteiger partial charge in [0, 0.05) is 6.54 Å². The SMILES string of the molecule is Cc1cccc(OCCCCN2C(=O)C(C)Oc3ccc(C(=O)O)cc32)c1. The highest BCUT2D eigenvalue weighted by molar-refractivity contribution is 6.01. The van der Waals surface area contributed by atoms with Gasteiger partial charge in [-0.15, -0.1) is 0 Å². The Hall–Kier alpha value is -3.02. The fourth-order valence-electron chi connectivity index (χ4n) is 3.04. The van der Waals surface area contributed by atoms with Crippen molar-refractivity contribution in [3.8, 4) is 11.5 Å². The van der Waals surface area contributed by atoms with Crippen LogP contribution in [0, 0.1) is 6.92 Å². The number of aryl methyl sites for hydroxylation is 1. The van der Waals surface area contributed by atoms with E-state index in [0.717, 1.165) is 24.2 Å². The summed E-state index contributed by atoms with van der Waals surface area (Å²) in [6.45, 7) is 4.75. The van der Waals surface area contributed by atoms with E-state index in [9.17, 15) is 14.7 Å². The molecule has 0 saturated heterocycles. The van der Waals surface area contributed by atoms with Gasteiger partial charge in [0.1, 0.15) is 11.5 Å². The van der Waals surface area contributed by atoms with Crippen LogP contribution in [0.3, 0.4) is 0 Å². The van der Waals surface area contributed by atoms with Crippen molar-refractivity contribution < 1.29 is 24.2 Å². The normalized spacial score (nSPS) is 15.9. The summed E-state index contributed by atoms with van der Waals surface area (Å²) in [6.07, 6.45) is 0.929. The summed E-state index contributed by atoms with van der Waals surface area (Å²) >= 11 is 0. The monoisotopic (exact) mass is 369 g/mol. The predicted octanol–water partition coefficient (Wildman–Crippen LogP) is 3.67. The molecular formula is C21H23NO5. The molecule has 2 aromatic rings. The van der Waals surface area contributed by atoms with Gasteiger partial charge in [0.15, 0.2) is 6.10 Å². The fraction of sp³-hybridized carbons (Fsp3) is 0.333. The van der Waals surface area contributed by atoms with Crippen LogP contribution in [0.25, 0.3) is 0 Å². The third-order valence-corrected chi connectivity index (χ3v) is 4.45. The van der Waals surface area contributed by atoms with E-state index in [1.807, 2.05) is 31.2 Å². The second-order valence-corrected chi connectivity index (χ2v) is 6.61. The Balaban J connectivity index is 1.61. The zero-order chi connectivity index (χ0) is 19.4. The molecule has 1 atom stereocenters. The maximum absolute atomic E-state index is 12.5. The molecule has 0 spiro atoms. The van der Waals surface area contributed by atoms with Gasteiger partial charge < -0.3 is 19.5 Å². The molecule has 6 nitrogen and oxygen atoms in total. The molecule has 0 saturated carbocycles. The summed E-state index contributed by atoms with van der Waals surface area (Å²) < 4.78 is 11.3. The number of aromatic carboxylic acids is 1. The Kier molecular flexibility index (Phi) is 5.64. The lowest BCUT2D eigenvalue weighted by molar-refractivity contribution is -0.125. The molecule has 0 aromatic heterocycles. The van der Waals surface area contributed by atoms with Gasteiger partial charge in [-0.1, -0.05) is 12.1 Å². The van der Waals surface area contributed by atoms with E-state index < -0.39 is 12.1 Å². The number of hydrogen-bond acceptors (Lipinski definition) is 4. The Morgan fingerprint density at radius 2 is 2.04 bits per heavy atom. The van der Waals surface area contributed by atoms with Crippen LogP contribution < -0.4 is 14.4 Å². The number of carbonyl (C=O) groups excluding carboxylic acids is 1. The molecule has 1 amide bonds. The Morgan fingerprint density at radius 1 is 1.22 bits per heavy atom. The molecule has 142 valence electrons. The van der Waals surface area contributed by atoms with Gasteiger partial charge in [0.25, 0.3) is 5.91 Å². The number of carbonyl (C=O) groups is 2. The minimum absolute atomic E-state index is 0.132. The van der Waals surface area contributed by atoms with Gasteiger partial charge in [-0.3, -0.25) is 4.79 Å². The molecule has 1 aliphatic heterocycles. The highest BCUT2D eigenvalue weighted by Gasteiger charge is 2.31. The van der Waals surface area contributed by atoms with E-state index in [0.29, 0.717) is 24.6 Å². The molecular weight excluding hydrogens is 346 g/mol. The lowest BCUT2D eigenvalue weighted by Gasteiger charge is -2.33. The summed E-state index contributed by atoms with van der Waals surface area (Å²) in [5, 5.41) is 9.20. The number of ether oxygens (including phenoxy) is 2. The van der Waals surface area contributed by atoms with Crippen LogP contribution in [-0.2, 0) is 4.79 Å². The minimum atomic E-state index is -1.03. The van der Waals surface area contributed by atoms with Crippen molar-refractivity contribution in [3.05, 3.63) is 53.6 Å². The minimum Gasteiger partial charge on any atom is -0.494 e. The third-order valence-electron chi connectivity index (χ3n) is 4.45. The molecule has 0 aliphatic carbocycles. The lowest BCUT2D eigenvalue weighted by atomic mass is 10.1. The van der Waals surface area contributed by atoms with Crippen molar-refractivity contribution in [2.24, 2.45) is 0 Å². The van der Waals surface area contributed by atoms with Gasteiger partial charge in [0.05, 0.1) is 17.9 Å². The summed E-state index contributed by atoms with van der Waals surface area (Å²) in [5.74, 6) is 0.172. The third kappa shape index (κ3) is 4.39. The molecule has 1 aliphatic rings. The van der Waals surface area contributed by atoms with Crippen LogP contribution in [0.5, 0.6) is 11.5 Å². The molecule has 2 aromatic carbocycles. The lowest BCUT2D eigenvalue weighted by Crippen LogP contribution is -2.45. The maximum atomic E-state index is 12.5. The number of unbranched alkanes of at least 4 members (excludes halogenated alkanes) is 1. The Morgan fingerprint density at radius 3 is 2.78 bits per heavy atom. The first-order valence-corrected chi connectivity index (χ1v) is 9.00. The van der Waals surface area contributed by atoms with Crippen molar-refractivity contribution in [1.82, 2.24) is 0 Å². The van der Waals surface area contributed by atoms with Crippen molar-refractivity contribution >= 4 is 17.6 Å².